The molecule has 2 N–H and O–H groups in total. The average Bonchev–Trinajstić information content (AvgIpc) is 2.88. The Morgan fingerprint density at radius 1 is 1.41 bits per heavy atom. The molecule has 0 spiro atoms. The van der Waals surface area contributed by atoms with Gasteiger partial charge in [-0.1, -0.05) is 12.8 Å². The molecule has 1 aliphatic rings. The van der Waals surface area contributed by atoms with Crippen molar-refractivity contribution in [3.05, 3.63) is 17.0 Å². The lowest BCUT2D eigenvalue weighted by molar-refractivity contribution is 0.714. The third kappa shape index (κ3) is 2.51. The Balaban J connectivity index is 2.08. The van der Waals surface area contributed by atoms with Gasteiger partial charge in [-0.25, -0.2) is 0 Å². The maximum absolute atomic E-state index is 6.06. The molecule has 2 rings (SSSR count). The summed E-state index contributed by atoms with van der Waals surface area (Å²) in [6.45, 7) is 4.79. The maximum atomic E-state index is 6.06. The van der Waals surface area contributed by atoms with Crippen LogP contribution in [0.3, 0.4) is 0 Å². The molecule has 94 valence electrons. The highest BCUT2D eigenvalue weighted by atomic mass is 15.3. The van der Waals surface area contributed by atoms with Gasteiger partial charge in [-0.15, -0.1) is 0 Å². The molecule has 17 heavy (non-hydrogen) atoms. The second kappa shape index (κ2) is 4.90. The molecule has 0 bridgehead atoms. The van der Waals surface area contributed by atoms with Crippen LogP contribution in [-0.2, 0) is 13.6 Å². The van der Waals surface area contributed by atoms with Gasteiger partial charge in [0.25, 0.3) is 0 Å². The molecule has 0 radical (unpaired) electrons. The van der Waals surface area contributed by atoms with Crippen LogP contribution < -0.4 is 5.73 Å². The molecular formula is C13H22N4. The zero-order valence-electron chi connectivity index (χ0n) is 11.0. The van der Waals surface area contributed by atoms with Crippen LogP contribution in [0.2, 0.25) is 0 Å². The molecule has 1 aliphatic carbocycles. The van der Waals surface area contributed by atoms with Gasteiger partial charge in [-0.2, -0.15) is 5.10 Å². The second-order valence-electron chi connectivity index (χ2n) is 5.00. The van der Waals surface area contributed by atoms with Gasteiger partial charge in [-0.3, -0.25) is 9.67 Å². The summed E-state index contributed by atoms with van der Waals surface area (Å²) >= 11 is 0. The number of aryl methyl sites for hydroxylation is 2. The van der Waals surface area contributed by atoms with Gasteiger partial charge in [0, 0.05) is 24.2 Å². The summed E-state index contributed by atoms with van der Waals surface area (Å²) in [6.07, 6.45) is 5.01. The summed E-state index contributed by atoms with van der Waals surface area (Å²) in [5, 5.41) is 4.39. The van der Waals surface area contributed by atoms with E-state index in [0.717, 1.165) is 11.5 Å². The fraction of sp³-hybridized carbons (Fsp3) is 0.692. The van der Waals surface area contributed by atoms with Crippen molar-refractivity contribution in [3.63, 3.8) is 0 Å². The SMILES string of the molecule is Cc1nn(C)c(C)c1CN=C(N)C1CCCC1. The molecule has 1 aromatic rings. The van der Waals surface area contributed by atoms with E-state index >= 15 is 0 Å². The lowest BCUT2D eigenvalue weighted by Gasteiger charge is -2.08. The molecule has 1 fully saturated rings. The predicted molar refractivity (Wildman–Crippen MR) is 70.0 cm³/mol. The van der Waals surface area contributed by atoms with Crippen molar-refractivity contribution in [2.75, 3.05) is 0 Å². The molecule has 0 aliphatic heterocycles. The number of aliphatic imine (C=N–C) groups is 1. The fourth-order valence-corrected chi connectivity index (χ4v) is 2.57. The first-order valence-corrected chi connectivity index (χ1v) is 6.38. The minimum atomic E-state index is 0.521. The highest BCUT2D eigenvalue weighted by Gasteiger charge is 2.18. The number of nitrogens with two attached hydrogens (primary N) is 1. The average molecular weight is 234 g/mol. The number of rotatable bonds is 3. The van der Waals surface area contributed by atoms with Crippen molar-refractivity contribution in [1.82, 2.24) is 9.78 Å². The fourth-order valence-electron chi connectivity index (χ4n) is 2.57. The predicted octanol–water partition coefficient (Wildman–Crippen LogP) is 2.08. The molecule has 0 unspecified atom stereocenters. The standard InChI is InChI=1S/C13H22N4/c1-9-12(10(2)17(3)16-9)8-15-13(14)11-6-4-5-7-11/h11H,4-8H2,1-3H3,(H2,14,15). The number of amidine groups is 1. The zero-order valence-corrected chi connectivity index (χ0v) is 11.0. The van der Waals surface area contributed by atoms with E-state index in [2.05, 4.69) is 17.0 Å². The molecule has 1 aromatic heterocycles. The van der Waals surface area contributed by atoms with Crippen molar-refractivity contribution in [3.8, 4) is 0 Å². The minimum absolute atomic E-state index is 0.521. The summed E-state index contributed by atoms with van der Waals surface area (Å²) < 4.78 is 1.91. The molecule has 0 atom stereocenters. The van der Waals surface area contributed by atoms with E-state index in [1.807, 2.05) is 18.7 Å². The van der Waals surface area contributed by atoms with Gasteiger partial charge in [0.1, 0.15) is 0 Å². The molecular weight excluding hydrogens is 212 g/mol. The van der Waals surface area contributed by atoms with Crippen LogP contribution in [0.1, 0.15) is 42.6 Å². The Morgan fingerprint density at radius 3 is 2.59 bits per heavy atom. The Hall–Kier alpha value is -1.32. The highest BCUT2D eigenvalue weighted by molar-refractivity contribution is 5.83. The van der Waals surface area contributed by atoms with Gasteiger partial charge in [-0.05, 0) is 26.7 Å². The van der Waals surface area contributed by atoms with Crippen LogP contribution in [0.25, 0.3) is 0 Å². The van der Waals surface area contributed by atoms with E-state index < -0.39 is 0 Å². The third-order valence-electron chi connectivity index (χ3n) is 3.85. The van der Waals surface area contributed by atoms with E-state index in [-0.39, 0.29) is 0 Å². The largest absolute Gasteiger partial charge is 0.387 e. The lowest BCUT2D eigenvalue weighted by Crippen LogP contribution is -2.21. The zero-order chi connectivity index (χ0) is 12.4. The number of hydrogen-bond donors (Lipinski definition) is 1. The van der Waals surface area contributed by atoms with Crippen molar-refractivity contribution in [1.29, 1.82) is 0 Å². The first-order chi connectivity index (χ1) is 8.09. The Kier molecular flexibility index (Phi) is 3.50. The topological polar surface area (TPSA) is 56.2 Å². The molecule has 0 saturated heterocycles. The highest BCUT2D eigenvalue weighted by Crippen LogP contribution is 2.25. The molecule has 1 heterocycles. The number of aromatic nitrogens is 2. The first kappa shape index (κ1) is 12.1. The molecule has 0 amide bonds. The lowest BCUT2D eigenvalue weighted by atomic mass is 10.1. The van der Waals surface area contributed by atoms with Gasteiger partial charge in [0.05, 0.1) is 18.1 Å². The third-order valence-corrected chi connectivity index (χ3v) is 3.85. The van der Waals surface area contributed by atoms with Gasteiger partial charge < -0.3 is 5.73 Å². The summed E-state index contributed by atoms with van der Waals surface area (Å²) in [5.74, 6) is 1.36. The van der Waals surface area contributed by atoms with E-state index in [9.17, 15) is 0 Å². The molecule has 4 nitrogen and oxygen atoms in total. The van der Waals surface area contributed by atoms with E-state index in [4.69, 9.17) is 5.73 Å². The molecule has 4 heteroatoms. The van der Waals surface area contributed by atoms with Crippen molar-refractivity contribution >= 4 is 5.84 Å². The van der Waals surface area contributed by atoms with Crippen molar-refractivity contribution in [2.45, 2.75) is 46.1 Å². The van der Waals surface area contributed by atoms with E-state index in [1.165, 1.54) is 36.9 Å². The first-order valence-electron chi connectivity index (χ1n) is 6.38. The quantitative estimate of drug-likeness (QED) is 0.643. The maximum Gasteiger partial charge on any atom is 0.0972 e. The van der Waals surface area contributed by atoms with Crippen LogP contribution in [-0.4, -0.2) is 15.6 Å². The minimum Gasteiger partial charge on any atom is -0.387 e. The van der Waals surface area contributed by atoms with Crippen LogP contribution in [0.5, 0.6) is 0 Å². The summed E-state index contributed by atoms with van der Waals surface area (Å²) in [5.41, 5.74) is 9.52. The van der Waals surface area contributed by atoms with Gasteiger partial charge >= 0.3 is 0 Å². The second-order valence-corrected chi connectivity index (χ2v) is 5.00. The van der Waals surface area contributed by atoms with Gasteiger partial charge in [0.2, 0.25) is 0 Å². The van der Waals surface area contributed by atoms with E-state index in [0.29, 0.717) is 12.5 Å². The van der Waals surface area contributed by atoms with Crippen LogP contribution in [0.4, 0.5) is 0 Å². The van der Waals surface area contributed by atoms with Crippen molar-refractivity contribution in [2.24, 2.45) is 23.7 Å². The summed E-state index contributed by atoms with van der Waals surface area (Å²) in [7, 11) is 1.97. The van der Waals surface area contributed by atoms with Crippen molar-refractivity contribution < 1.29 is 0 Å². The van der Waals surface area contributed by atoms with Crippen LogP contribution in [0, 0.1) is 19.8 Å². The normalized spacial score (nSPS) is 17.9. The van der Waals surface area contributed by atoms with E-state index in [1.54, 1.807) is 0 Å². The smallest absolute Gasteiger partial charge is 0.0972 e. The summed E-state index contributed by atoms with van der Waals surface area (Å²) in [4.78, 5) is 4.55. The molecule has 1 saturated carbocycles. The van der Waals surface area contributed by atoms with Crippen LogP contribution >= 0.6 is 0 Å². The monoisotopic (exact) mass is 234 g/mol. The Labute approximate surface area is 103 Å². The Morgan fingerprint density at radius 2 is 2.06 bits per heavy atom. The Bertz CT molecular complexity index is 425. The van der Waals surface area contributed by atoms with Gasteiger partial charge in [0.15, 0.2) is 0 Å². The summed E-state index contributed by atoms with van der Waals surface area (Å²) in [6, 6.07) is 0. The van der Waals surface area contributed by atoms with Crippen LogP contribution in [0.15, 0.2) is 4.99 Å². The molecule has 0 aromatic carbocycles. The number of hydrogen-bond acceptors (Lipinski definition) is 2. The number of nitrogens with zero attached hydrogens (tertiary/aromatic N) is 3.